The minimum absolute atomic E-state index is 0. The largest absolute Gasteiger partial charge is 0.316 e. The molecule has 0 spiro atoms. The summed E-state index contributed by atoms with van der Waals surface area (Å²) in [5.74, 6) is -0.223. The number of thiazole rings is 1. The van der Waals surface area contributed by atoms with Crippen LogP contribution in [0.5, 0.6) is 0 Å². The van der Waals surface area contributed by atoms with Gasteiger partial charge in [0.2, 0.25) is 5.91 Å². The molecule has 0 bridgehead atoms. The van der Waals surface area contributed by atoms with Gasteiger partial charge in [-0.1, -0.05) is 55.0 Å². The molecule has 25 heavy (non-hydrogen) atoms. The highest BCUT2D eigenvalue weighted by atomic mass is 35.5. The van der Waals surface area contributed by atoms with E-state index >= 15 is 0 Å². The van der Waals surface area contributed by atoms with E-state index in [1.165, 1.54) is 11.3 Å². The highest BCUT2D eigenvalue weighted by Gasteiger charge is 2.34. The Labute approximate surface area is 157 Å². The zero-order valence-corrected chi connectivity index (χ0v) is 16.1. The van der Waals surface area contributed by atoms with Crippen molar-refractivity contribution >= 4 is 40.6 Å². The normalized spacial score (nSPS) is 16.6. The second kappa shape index (κ2) is 7.23. The first-order valence-corrected chi connectivity index (χ1v) is 8.73. The quantitative estimate of drug-likeness (QED) is 0.852. The van der Waals surface area contributed by atoms with Crippen molar-refractivity contribution in [2.45, 2.75) is 39.7 Å². The smallest absolute Gasteiger partial charge is 0.247 e. The summed E-state index contributed by atoms with van der Waals surface area (Å²) >= 11 is 1.24. The molecule has 0 aliphatic heterocycles. The number of Topliss-reactive ketones (excluding diaryl/α,β-unsaturated/α-hetero) is 1. The highest BCUT2D eigenvalue weighted by molar-refractivity contribution is 7.17. The summed E-state index contributed by atoms with van der Waals surface area (Å²) in [4.78, 5) is 29.7. The van der Waals surface area contributed by atoms with Crippen LogP contribution in [0.4, 0.5) is 5.13 Å². The molecule has 0 saturated heterocycles. The van der Waals surface area contributed by atoms with E-state index in [4.69, 9.17) is 5.73 Å². The molecule has 0 fully saturated rings. The van der Waals surface area contributed by atoms with Crippen LogP contribution in [0, 0.1) is 12.3 Å². The third-order valence-electron chi connectivity index (χ3n) is 4.18. The summed E-state index contributed by atoms with van der Waals surface area (Å²) in [5.41, 5.74) is 8.58. The van der Waals surface area contributed by atoms with Gasteiger partial charge in [-0.15, -0.1) is 12.4 Å². The highest BCUT2D eigenvalue weighted by Crippen LogP contribution is 2.38. The lowest BCUT2D eigenvalue weighted by Gasteiger charge is -2.26. The number of nitrogens with zero attached hydrogens (tertiary/aromatic N) is 1. The van der Waals surface area contributed by atoms with E-state index in [2.05, 4.69) is 24.1 Å². The molecule has 5 nitrogen and oxygen atoms in total. The molecule has 2 aromatic rings. The van der Waals surface area contributed by atoms with Gasteiger partial charge in [0.15, 0.2) is 10.9 Å². The number of halogens is 1. The van der Waals surface area contributed by atoms with Crippen molar-refractivity contribution in [1.29, 1.82) is 0 Å². The van der Waals surface area contributed by atoms with Crippen LogP contribution in [0.15, 0.2) is 24.3 Å². The second-order valence-electron chi connectivity index (χ2n) is 7.11. The maximum absolute atomic E-state index is 12.4. The average molecular weight is 380 g/mol. The SMILES string of the molecule is Cc1ccc(C(N)C(=O)Nc2nc3c(s2)C(=O)CC(C)(C)C3)cc1.Cl. The Morgan fingerprint density at radius 2 is 1.92 bits per heavy atom. The number of nitrogens with one attached hydrogen (secondary N) is 1. The molecule has 1 unspecified atom stereocenters. The minimum Gasteiger partial charge on any atom is -0.316 e. The molecule has 7 heteroatoms. The number of fused-ring (bicyclic) bond motifs is 1. The number of hydrogen-bond donors (Lipinski definition) is 2. The van der Waals surface area contributed by atoms with E-state index in [0.717, 1.165) is 23.2 Å². The predicted octanol–water partition coefficient (Wildman–Crippen LogP) is 3.67. The molecule has 134 valence electrons. The molecule has 1 aromatic carbocycles. The lowest BCUT2D eigenvalue weighted by Crippen LogP contribution is -2.27. The number of ketones is 1. The van der Waals surface area contributed by atoms with Crippen molar-refractivity contribution in [3.8, 4) is 0 Å². The van der Waals surface area contributed by atoms with Gasteiger partial charge in [-0.3, -0.25) is 9.59 Å². The Hall–Kier alpha value is -1.76. The number of carbonyl (C=O) groups excluding carboxylic acids is 2. The monoisotopic (exact) mass is 379 g/mol. The molecule has 1 aliphatic carbocycles. The van der Waals surface area contributed by atoms with Crippen molar-refractivity contribution in [3.05, 3.63) is 46.0 Å². The van der Waals surface area contributed by atoms with Crippen LogP contribution >= 0.6 is 23.7 Å². The van der Waals surface area contributed by atoms with E-state index in [9.17, 15) is 9.59 Å². The Balaban J connectivity index is 0.00000225. The van der Waals surface area contributed by atoms with Crippen molar-refractivity contribution in [1.82, 2.24) is 4.98 Å². The fourth-order valence-corrected chi connectivity index (χ4v) is 3.80. The van der Waals surface area contributed by atoms with Gasteiger partial charge >= 0.3 is 0 Å². The second-order valence-corrected chi connectivity index (χ2v) is 8.11. The van der Waals surface area contributed by atoms with Gasteiger partial charge in [0.25, 0.3) is 0 Å². The minimum atomic E-state index is -0.765. The zero-order chi connectivity index (χ0) is 17.5. The Morgan fingerprint density at radius 3 is 2.56 bits per heavy atom. The lowest BCUT2D eigenvalue weighted by atomic mass is 9.78. The van der Waals surface area contributed by atoms with Crippen LogP contribution in [0.2, 0.25) is 0 Å². The summed E-state index contributed by atoms with van der Waals surface area (Å²) < 4.78 is 0. The predicted molar refractivity (Wildman–Crippen MR) is 103 cm³/mol. The Kier molecular flexibility index (Phi) is 5.66. The fraction of sp³-hybridized carbons (Fsp3) is 0.389. The fourth-order valence-electron chi connectivity index (χ4n) is 2.88. The lowest BCUT2D eigenvalue weighted by molar-refractivity contribution is -0.117. The van der Waals surface area contributed by atoms with Crippen LogP contribution in [-0.4, -0.2) is 16.7 Å². The van der Waals surface area contributed by atoms with Gasteiger partial charge in [-0.25, -0.2) is 4.98 Å². The van der Waals surface area contributed by atoms with Crippen molar-refractivity contribution in [2.75, 3.05) is 5.32 Å². The molecular weight excluding hydrogens is 358 g/mol. The van der Waals surface area contributed by atoms with Crippen molar-refractivity contribution in [2.24, 2.45) is 11.1 Å². The van der Waals surface area contributed by atoms with Crippen LogP contribution < -0.4 is 11.1 Å². The molecule has 1 aromatic heterocycles. The third-order valence-corrected chi connectivity index (χ3v) is 5.24. The van der Waals surface area contributed by atoms with Gasteiger partial charge in [0, 0.05) is 6.42 Å². The van der Waals surface area contributed by atoms with E-state index in [1.54, 1.807) is 0 Å². The molecule has 3 rings (SSSR count). The molecule has 1 amide bonds. The van der Waals surface area contributed by atoms with E-state index in [-0.39, 0.29) is 29.5 Å². The molecule has 3 N–H and O–H groups in total. The maximum atomic E-state index is 12.4. The standard InChI is InChI=1S/C18H21N3O2S.ClH/c1-10-4-6-11(7-5-10)14(19)16(23)21-17-20-12-8-18(2,3)9-13(22)15(12)24-17;/h4-7,14H,8-9,19H2,1-3H3,(H,20,21,23);1H. The number of amides is 1. The summed E-state index contributed by atoms with van der Waals surface area (Å²) in [5, 5.41) is 3.19. The molecule has 1 heterocycles. The van der Waals surface area contributed by atoms with Crippen LogP contribution in [-0.2, 0) is 11.2 Å². The summed E-state index contributed by atoms with van der Waals surface area (Å²) in [6, 6.07) is 6.77. The number of aromatic nitrogens is 1. The van der Waals surface area contributed by atoms with Gasteiger partial charge in [0.05, 0.1) is 10.6 Å². The third kappa shape index (κ3) is 4.26. The molecule has 1 aliphatic rings. The van der Waals surface area contributed by atoms with Crippen molar-refractivity contribution < 1.29 is 9.59 Å². The van der Waals surface area contributed by atoms with Crippen LogP contribution in [0.1, 0.15) is 52.8 Å². The topological polar surface area (TPSA) is 85.1 Å². The van der Waals surface area contributed by atoms with E-state index < -0.39 is 6.04 Å². The number of nitrogens with two attached hydrogens (primary N) is 1. The number of hydrogen-bond acceptors (Lipinski definition) is 5. The molecule has 1 atom stereocenters. The van der Waals surface area contributed by atoms with E-state index in [1.807, 2.05) is 31.2 Å². The number of anilines is 1. The van der Waals surface area contributed by atoms with Crippen molar-refractivity contribution in [3.63, 3.8) is 0 Å². The number of aryl methyl sites for hydroxylation is 1. The zero-order valence-electron chi connectivity index (χ0n) is 14.5. The summed E-state index contributed by atoms with van der Waals surface area (Å²) in [7, 11) is 0. The molecule has 0 radical (unpaired) electrons. The van der Waals surface area contributed by atoms with Gasteiger partial charge in [-0.2, -0.15) is 0 Å². The van der Waals surface area contributed by atoms with E-state index in [0.29, 0.717) is 16.4 Å². The maximum Gasteiger partial charge on any atom is 0.247 e. The van der Waals surface area contributed by atoms with Crippen LogP contribution in [0.3, 0.4) is 0 Å². The van der Waals surface area contributed by atoms with Crippen LogP contribution in [0.25, 0.3) is 0 Å². The Bertz CT molecular complexity index is 799. The summed E-state index contributed by atoms with van der Waals surface area (Å²) in [6.45, 7) is 6.09. The summed E-state index contributed by atoms with van der Waals surface area (Å²) in [6.07, 6.45) is 1.25. The first kappa shape index (κ1) is 19.6. The number of carbonyl (C=O) groups is 2. The van der Waals surface area contributed by atoms with Gasteiger partial charge < -0.3 is 11.1 Å². The van der Waals surface area contributed by atoms with Gasteiger partial charge in [-0.05, 0) is 24.3 Å². The average Bonchev–Trinajstić information content (AvgIpc) is 2.88. The molecule has 0 saturated carbocycles. The number of rotatable bonds is 3. The van der Waals surface area contributed by atoms with Gasteiger partial charge in [0.1, 0.15) is 6.04 Å². The first-order valence-electron chi connectivity index (χ1n) is 7.91. The number of benzene rings is 1. The molecular formula is C18H22ClN3O2S. The Morgan fingerprint density at radius 1 is 1.28 bits per heavy atom. The first-order chi connectivity index (χ1) is 11.2.